The molecule has 0 bridgehead atoms. The number of carbonyl (C=O) groups is 2. The van der Waals surface area contributed by atoms with E-state index in [0.717, 1.165) is 32.1 Å². The fourth-order valence-corrected chi connectivity index (χ4v) is 5.78. The third-order valence-corrected chi connectivity index (χ3v) is 8.18. The van der Waals surface area contributed by atoms with Gasteiger partial charge in [-0.25, -0.2) is 0 Å². The maximum Gasteiger partial charge on any atom is 0.221 e. The lowest BCUT2D eigenvalue weighted by Crippen LogP contribution is -2.70. The van der Waals surface area contributed by atoms with Gasteiger partial charge in [0, 0.05) is 39.4 Å². The fourth-order valence-electron chi connectivity index (χ4n) is 5.78. The molecule has 236 valence electrons. The van der Waals surface area contributed by atoms with Crippen molar-refractivity contribution in [2.75, 3.05) is 13.2 Å². The van der Waals surface area contributed by atoms with Gasteiger partial charge in [-0.3, -0.25) is 9.59 Å². The van der Waals surface area contributed by atoms with E-state index in [-0.39, 0.29) is 49.1 Å². The standard InChI is InChI=1S/C29H50N2O10/c1-17(34)30-22(26(37)40-19-10-8-7-9-11-19)16-20(12-14-32)41-27(3,4)25(36)24(31-18(2)35)23-21(13-15-33)28(5,38)29(23,6)39/h16,19-21,25-26,32-33,36-39H,7-15H2,1-6H3,(H,30,34)(H,31,35)/b22-16-,24-23+. The lowest BCUT2D eigenvalue weighted by atomic mass is 9.53. The number of aliphatic hydroxyl groups excluding tert-OH is 4. The maximum absolute atomic E-state index is 12.2. The molecule has 2 fully saturated rings. The summed E-state index contributed by atoms with van der Waals surface area (Å²) in [6, 6.07) is 0. The van der Waals surface area contributed by atoms with Crippen LogP contribution in [0.5, 0.6) is 0 Å². The van der Waals surface area contributed by atoms with Gasteiger partial charge in [0.25, 0.3) is 0 Å². The highest BCUT2D eigenvalue weighted by Gasteiger charge is 2.64. The topological polar surface area (TPSA) is 198 Å². The van der Waals surface area contributed by atoms with Crippen molar-refractivity contribution in [3.63, 3.8) is 0 Å². The first kappa shape index (κ1) is 35.3. The number of ether oxygens (including phenoxy) is 2. The Morgan fingerprint density at radius 2 is 1.61 bits per heavy atom. The van der Waals surface area contributed by atoms with E-state index in [1.165, 1.54) is 47.6 Å². The Morgan fingerprint density at radius 3 is 2.12 bits per heavy atom. The van der Waals surface area contributed by atoms with Crippen molar-refractivity contribution in [3.8, 4) is 0 Å². The molecule has 0 radical (unpaired) electrons. The summed E-state index contributed by atoms with van der Waals surface area (Å²) in [5.74, 6) is -1.74. The van der Waals surface area contributed by atoms with Gasteiger partial charge >= 0.3 is 0 Å². The Labute approximate surface area is 242 Å². The second kappa shape index (κ2) is 14.5. The van der Waals surface area contributed by atoms with Crippen LogP contribution in [0, 0.1) is 5.92 Å². The summed E-state index contributed by atoms with van der Waals surface area (Å²) in [5, 5.41) is 68.9. The number of amides is 2. The number of nitrogens with one attached hydrogen (secondary N) is 2. The fraction of sp³-hybridized carbons (Fsp3) is 0.793. The van der Waals surface area contributed by atoms with Crippen molar-refractivity contribution in [1.29, 1.82) is 0 Å². The summed E-state index contributed by atoms with van der Waals surface area (Å²) >= 11 is 0. The second-order valence-electron chi connectivity index (χ2n) is 12.0. The van der Waals surface area contributed by atoms with E-state index in [1.807, 2.05) is 0 Å². The molecule has 0 heterocycles. The molecule has 0 aromatic rings. The predicted molar refractivity (Wildman–Crippen MR) is 150 cm³/mol. The van der Waals surface area contributed by atoms with Gasteiger partial charge in [-0.1, -0.05) is 19.3 Å². The molecule has 0 saturated heterocycles. The van der Waals surface area contributed by atoms with Crippen LogP contribution >= 0.6 is 0 Å². The van der Waals surface area contributed by atoms with Gasteiger partial charge in [-0.2, -0.15) is 0 Å². The molecule has 2 aliphatic carbocycles. The molecule has 0 aliphatic heterocycles. The van der Waals surface area contributed by atoms with Crippen LogP contribution < -0.4 is 10.6 Å². The molecular weight excluding hydrogens is 536 g/mol. The first-order valence-electron chi connectivity index (χ1n) is 14.4. The summed E-state index contributed by atoms with van der Waals surface area (Å²) < 4.78 is 12.0. The highest BCUT2D eigenvalue weighted by molar-refractivity contribution is 5.76. The zero-order valence-electron chi connectivity index (χ0n) is 25.1. The van der Waals surface area contributed by atoms with E-state index in [1.54, 1.807) is 0 Å². The van der Waals surface area contributed by atoms with Crippen LogP contribution in [0.3, 0.4) is 0 Å². The molecule has 2 saturated carbocycles. The van der Waals surface area contributed by atoms with Crippen LogP contribution in [0.25, 0.3) is 0 Å². The van der Waals surface area contributed by atoms with Gasteiger partial charge in [0.05, 0.1) is 29.2 Å². The number of hydrogen-bond acceptors (Lipinski definition) is 10. The van der Waals surface area contributed by atoms with Gasteiger partial charge in [0.2, 0.25) is 11.8 Å². The zero-order chi connectivity index (χ0) is 31.2. The molecule has 41 heavy (non-hydrogen) atoms. The van der Waals surface area contributed by atoms with Gasteiger partial charge in [0.1, 0.15) is 17.3 Å². The molecule has 2 aliphatic rings. The van der Waals surface area contributed by atoms with Crippen molar-refractivity contribution in [2.45, 2.75) is 128 Å². The monoisotopic (exact) mass is 586 g/mol. The van der Waals surface area contributed by atoms with E-state index < -0.39 is 53.0 Å². The number of hydrogen-bond donors (Lipinski definition) is 8. The number of rotatable bonds is 14. The van der Waals surface area contributed by atoms with Crippen molar-refractivity contribution < 1.29 is 49.7 Å². The molecule has 0 aromatic heterocycles. The summed E-state index contributed by atoms with van der Waals surface area (Å²) in [6.07, 6.45) is 2.04. The van der Waals surface area contributed by atoms with Gasteiger partial charge in [-0.15, -0.1) is 0 Å². The average molecular weight is 587 g/mol. The van der Waals surface area contributed by atoms with Crippen LogP contribution in [0.15, 0.2) is 23.0 Å². The zero-order valence-corrected chi connectivity index (χ0v) is 25.1. The molecule has 6 atom stereocenters. The Kier molecular flexibility index (Phi) is 12.5. The normalized spacial score (nSPS) is 29.3. The van der Waals surface area contributed by atoms with E-state index in [9.17, 15) is 40.2 Å². The summed E-state index contributed by atoms with van der Waals surface area (Å²) in [7, 11) is 0. The molecule has 6 unspecified atom stereocenters. The Bertz CT molecular complexity index is 969. The van der Waals surface area contributed by atoms with E-state index >= 15 is 0 Å². The Balaban J connectivity index is 2.43. The highest BCUT2D eigenvalue weighted by Crippen LogP contribution is 2.55. The van der Waals surface area contributed by atoms with Crippen molar-refractivity contribution in [3.05, 3.63) is 23.0 Å². The average Bonchev–Trinajstić information content (AvgIpc) is 2.86. The van der Waals surface area contributed by atoms with Crippen molar-refractivity contribution in [2.24, 2.45) is 5.92 Å². The Morgan fingerprint density at radius 1 is 1.02 bits per heavy atom. The molecule has 0 aromatic carbocycles. The third-order valence-electron chi connectivity index (χ3n) is 8.18. The SMILES string of the molecule is CC(=O)N/C(=C\C(CCO)OC(C)(C)C(O)/C(NC(C)=O)=C1/C(CCO)C(C)(O)C1(C)O)C(O)OC1CCCCC1. The van der Waals surface area contributed by atoms with Crippen LogP contribution in [0.2, 0.25) is 0 Å². The van der Waals surface area contributed by atoms with E-state index in [2.05, 4.69) is 10.6 Å². The first-order valence-corrected chi connectivity index (χ1v) is 14.4. The van der Waals surface area contributed by atoms with Crippen LogP contribution in [0.1, 0.15) is 86.5 Å². The molecular formula is C29H50N2O10. The number of carbonyl (C=O) groups excluding carboxylic acids is 2. The van der Waals surface area contributed by atoms with Crippen LogP contribution in [-0.2, 0) is 19.1 Å². The number of aliphatic hydroxyl groups is 6. The molecule has 2 rings (SSSR count). The largest absolute Gasteiger partial charge is 0.396 e. The van der Waals surface area contributed by atoms with Crippen LogP contribution in [0.4, 0.5) is 0 Å². The quantitative estimate of drug-likeness (QED) is 0.133. The lowest BCUT2D eigenvalue weighted by molar-refractivity contribution is -0.200. The smallest absolute Gasteiger partial charge is 0.221 e. The molecule has 0 spiro atoms. The van der Waals surface area contributed by atoms with Gasteiger partial charge < -0.3 is 50.7 Å². The highest BCUT2D eigenvalue weighted by atomic mass is 16.6. The lowest BCUT2D eigenvalue weighted by Gasteiger charge is -2.59. The molecule has 2 amide bonds. The molecule has 8 N–H and O–H groups in total. The summed E-state index contributed by atoms with van der Waals surface area (Å²) in [4.78, 5) is 24.1. The molecule has 12 heteroatoms. The summed E-state index contributed by atoms with van der Waals surface area (Å²) in [5.41, 5.74) is -4.80. The minimum atomic E-state index is -1.83. The van der Waals surface area contributed by atoms with Crippen molar-refractivity contribution >= 4 is 11.8 Å². The van der Waals surface area contributed by atoms with Crippen LogP contribution in [-0.4, -0.2) is 97.1 Å². The molecule has 12 nitrogen and oxygen atoms in total. The first-order chi connectivity index (χ1) is 19.0. The van der Waals surface area contributed by atoms with Gasteiger partial charge in [0.15, 0.2) is 6.29 Å². The van der Waals surface area contributed by atoms with E-state index in [4.69, 9.17) is 9.47 Å². The maximum atomic E-state index is 12.2. The van der Waals surface area contributed by atoms with E-state index in [0.29, 0.717) is 0 Å². The third kappa shape index (κ3) is 8.57. The van der Waals surface area contributed by atoms with Gasteiger partial charge in [-0.05, 0) is 58.6 Å². The van der Waals surface area contributed by atoms with Crippen molar-refractivity contribution in [1.82, 2.24) is 10.6 Å². The Hall–Kier alpha value is -1.90. The second-order valence-corrected chi connectivity index (χ2v) is 12.0. The predicted octanol–water partition coefficient (Wildman–Crippen LogP) is 0.486. The minimum absolute atomic E-state index is 0.0288. The summed E-state index contributed by atoms with van der Waals surface area (Å²) in [6.45, 7) is 7.76. The minimum Gasteiger partial charge on any atom is -0.396 e.